The van der Waals surface area contributed by atoms with Crippen molar-refractivity contribution in [2.75, 3.05) is 38.6 Å². The average molecular weight is 248 g/mol. The fraction of sp³-hybridized carbons (Fsp3) is 0.500. The Bertz CT molecular complexity index is 387. The zero-order valence-electron chi connectivity index (χ0n) is 11.6. The highest BCUT2D eigenvalue weighted by molar-refractivity contribution is 6.00. The summed E-state index contributed by atoms with van der Waals surface area (Å²) < 4.78 is 0. The van der Waals surface area contributed by atoms with E-state index in [0.29, 0.717) is 0 Å². The number of rotatable bonds is 7. The Morgan fingerprint density at radius 2 is 1.89 bits per heavy atom. The normalized spacial score (nSPS) is 10.7. The number of nitrogen functional groups attached to an aromatic ring is 1. The van der Waals surface area contributed by atoms with Gasteiger partial charge in [0.1, 0.15) is 5.84 Å². The van der Waals surface area contributed by atoms with Crippen molar-refractivity contribution in [1.29, 1.82) is 5.41 Å². The van der Waals surface area contributed by atoms with E-state index in [0.717, 1.165) is 37.3 Å². The van der Waals surface area contributed by atoms with Crippen LogP contribution in [0.3, 0.4) is 0 Å². The molecular formula is C14H24N4. The van der Waals surface area contributed by atoms with E-state index >= 15 is 0 Å². The van der Waals surface area contributed by atoms with Crippen LogP contribution in [0.15, 0.2) is 24.3 Å². The van der Waals surface area contributed by atoms with Gasteiger partial charge in [0.05, 0.1) is 0 Å². The maximum absolute atomic E-state index is 7.63. The molecule has 0 amide bonds. The van der Waals surface area contributed by atoms with Gasteiger partial charge in [-0.05, 0) is 46.1 Å². The van der Waals surface area contributed by atoms with E-state index in [4.69, 9.17) is 11.1 Å². The summed E-state index contributed by atoms with van der Waals surface area (Å²) in [7, 11) is 4.17. The first-order valence-electron chi connectivity index (χ1n) is 6.39. The van der Waals surface area contributed by atoms with Crippen molar-refractivity contribution >= 4 is 11.5 Å². The number of nitrogens with zero attached hydrogens (tertiary/aromatic N) is 2. The van der Waals surface area contributed by atoms with E-state index in [9.17, 15) is 0 Å². The molecule has 0 radical (unpaired) electrons. The molecule has 0 aliphatic rings. The molecule has 0 unspecified atom stereocenters. The third kappa shape index (κ3) is 4.04. The first-order valence-corrected chi connectivity index (χ1v) is 6.39. The van der Waals surface area contributed by atoms with Gasteiger partial charge in [0.25, 0.3) is 0 Å². The van der Waals surface area contributed by atoms with E-state index in [-0.39, 0.29) is 5.84 Å². The monoisotopic (exact) mass is 248 g/mol. The van der Waals surface area contributed by atoms with Crippen molar-refractivity contribution in [3.8, 4) is 0 Å². The van der Waals surface area contributed by atoms with Gasteiger partial charge in [0, 0.05) is 24.3 Å². The molecule has 3 N–H and O–H groups in total. The van der Waals surface area contributed by atoms with Gasteiger partial charge in [-0.15, -0.1) is 0 Å². The molecule has 100 valence electrons. The fourth-order valence-corrected chi connectivity index (χ4v) is 2.00. The predicted molar refractivity (Wildman–Crippen MR) is 78.5 cm³/mol. The van der Waals surface area contributed by atoms with Gasteiger partial charge in [-0.3, -0.25) is 5.41 Å². The van der Waals surface area contributed by atoms with Crippen LogP contribution in [0.25, 0.3) is 0 Å². The molecule has 0 saturated carbocycles. The molecular weight excluding hydrogens is 224 g/mol. The average Bonchev–Trinajstić information content (AvgIpc) is 2.34. The lowest BCUT2D eigenvalue weighted by Crippen LogP contribution is -2.29. The van der Waals surface area contributed by atoms with Crippen LogP contribution < -0.4 is 10.6 Å². The second-order valence-corrected chi connectivity index (χ2v) is 4.67. The van der Waals surface area contributed by atoms with Crippen LogP contribution in [0.2, 0.25) is 0 Å². The van der Waals surface area contributed by atoms with Crippen LogP contribution in [0.4, 0.5) is 5.69 Å². The smallest absolute Gasteiger partial charge is 0.124 e. The number of hydrogen-bond acceptors (Lipinski definition) is 3. The molecule has 0 aliphatic heterocycles. The van der Waals surface area contributed by atoms with Gasteiger partial charge in [0.15, 0.2) is 0 Å². The van der Waals surface area contributed by atoms with Crippen LogP contribution in [-0.2, 0) is 0 Å². The Morgan fingerprint density at radius 3 is 2.44 bits per heavy atom. The minimum atomic E-state index is 0.136. The zero-order valence-corrected chi connectivity index (χ0v) is 11.6. The minimum Gasteiger partial charge on any atom is -0.384 e. The number of para-hydroxylation sites is 1. The summed E-state index contributed by atoms with van der Waals surface area (Å²) in [6.45, 7) is 5.11. The molecule has 0 atom stereocenters. The second-order valence-electron chi connectivity index (χ2n) is 4.67. The van der Waals surface area contributed by atoms with Crippen LogP contribution in [0.1, 0.15) is 18.9 Å². The maximum atomic E-state index is 7.63. The minimum absolute atomic E-state index is 0.136. The summed E-state index contributed by atoms with van der Waals surface area (Å²) in [6, 6.07) is 7.87. The molecule has 0 aliphatic carbocycles. The Labute approximate surface area is 110 Å². The lowest BCUT2D eigenvalue weighted by atomic mass is 10.1. The molecule has 0 aromatic heterocycles. The Balaban J connectivity index is 2.78. The van der Waals surface area contributed by atoms with E-state index < -0.39 is 0 Å². The van der Waals surface area contributed by atoms with Crippen molar-refractivity contribution in [3.63, 3.8) is 0 Å². The zero-order chi connectivity index (χ0) is 13.5. The summed E-state index contributed by atoms with van der Waals surface area (Å²) in [4.78, 5) is 4.46. The molecule has 0 heterocycles. The summed E-state index contributed by atoms with van der Waals surface area (Å²) in [5.74, 6) is 0.136. The molecule has 0 spiro atoms. The number of amidine groups is 1. The van der Waals surface area contributed by atoms with Crippen molar-refractivity contribution in [2.24, 2.45) is 5.73 Å². The Morgan fingerprint density at radius 1 is 1.22 bits per heavy atom. The third-order valence-corrected chi connectivity index (χ3v) is 2.95. The predicted octanol–water partition coefficient (Wildman–Crippen LogP) is 1.75. The van der Waals surface area contributed by atoms with Crippen molar-refractivity contribution in [3.05, 3.63) is 29.8 Å². The van der Waals surface area contributed by atoms with Gasteiger partial charge in [-0.25, -0.2) is 0 Å². The van der Waals surface area contributed by atoms with Gasteiger partial charge in [-0.1, -0.05) is 12.1 Å². The molecule has 0 fully saturated rings. The van der Waals surface area contributed by atoms with E-state index in [1.54, 1.807) is 0 Å². The van der Waals surface area contributed by atoms with Gasteiger partial charge in [-0.2, -0.15) is 0 Å². The summed E-state index contributed by atoms with van der Waals surface area (Å²) in [6.07, 6.45) is 1.10. The van der Waals surface area contributed by atoms with Crippen molar-refractivity contribution in [1.82, 2.24) is 4.90 Å². The third-order valence-electron chi connectivity index (χ3n) is 2.95. The largest absolute Gasteiger partial charge is 0.384 e. The van der Waals surface area contributed by atoms with Gasteiger partial charge >= 0.3 is 0 Å². The Kier molecular flexibility index (Phi) is 5.65. The number of hydrogen-bond donors (Lipinski definition) is 2. The van der Waals surface area contributed by atoms with Crippen LogP contribution >= 0.6 is 0 Å². The molecule has 18 heavy (non-hydrogen) atoms. The summed E-state index contributed by atoms with van der Waals surface area (Å²) in [5.41, 5.74) is 7.52. The first-order chi connectivity index (χ1) is 8.56. The summed E-state index contributed by atoms with van der Waals surface area (Å²) >= 11 is 0. The fourth-order valence-electron chi connectivity index (χ4n) is 2.00. The maximum Gasteiger partial charge on any atom is 0.124 e. The molecule has 4 nitrogen and oxygen atoms in total. The topological polar surface area (TPSA) is 56.4 Å². The molecule has 1 rings (SSSR count). The van der Waals surface area contributed by atoms with Gasteiger partial charge in [0.2, 0.25) is 0 Å². The lowest BCUT2D eigenvalue weighted by Gasteiger charge is -2.26. The molecule has 1 aromatic carbocycles. The van der Waals surface area contributed by atoms with Crippen LogP contribution in [0, 0.1) is 5.41 Å². The number of nitrogens with one attached hydrogen (secondary N) is 1. The SMILES string of the molecule is CCN(CCCN(C)C)c1ccccc1C(=N)N. The van der Waals surface area contributed by atoms with E-state index in [1.807, 2.05) is 24.3 Å². The highest BCUT2D eigenvalue weighted by atomic mass is 15.1. The van der Waals surface area contributed by atoms with E-state index in [2.05, 4.69) is 30.8 Å². The van der Waals surface area contributed by atoms with Gasteiger partial charge < -0.3 is 15.5 Å². The molecule has 0 bridgehead atoms. The standard InChI is InChI=1S/C14H24N4/c1-4-18(11-7-10-17(2)3)13-9-6-5-8-12(13)14(15)16/h5-6,8-9H,4,7,10-11H2,1-3H3,(H3,15,16). The lowest BCUT2D eigenvalue weighted by molar-refractivity contribution is 0.400. The highest BCUT2D eigenvalue weighted by Gasteiger charge is 2.10. The van der Waals surface area contributed by atoms with Crippen molar-refractivity contribution in [2.45, 2.75) is 13.3 Å². The number of anilines is 1. The van der Waals surface area contributed by atoms with Crippen LogP contribution in [0.5, 0.6) is 0 Å². The molecule has 4 heteroatoms. The van der Waals surface area contributed by atoms with Crippen LogP contribution in [-0.4, -0.2) is 44.5 Å². The highest BCUT2D eigenvalue weighted by Crippen LogP contribution is 2.19. The quantitative estimate of drug-likeness (QED) is 0.571. The first kappa shape index (κ1) is 14.5. The molecule has 1 aromatic rings. The molecule has 0 saturated heterocycles. The van der Waals surface area contributed by atoms with Crippen molar-refractivity contribution < 1.29 is 0 Å². The Hall–Kier alpha value is -1.55. The second kappa shape index (κ2) is 7.01. The number of benzene rings is 1. The number of nitrogens with two attached hydrogens (primary N) is 1. The summed E-state index contributed by atoms with van der Waals surface area (Å²) in [5, 5.41) is 7.63. The van der Waals surface area contributed by atoms with E-state index in [1.165, 1.54) is 0 Å².